The second-order valence-corrected chi connectivity index (χ2v) is 3.73. The molecule has 0 spiro atoms. The van der Waals surface area contributed by atoms with Crippen molar-refractivity contribution in [1.29, 1.82) is 0 Å². The maximum absolute atomic E-state index is 5.90. The molecule has 1 unspecified atom stereocenters. The number of hydrogen-bond donors (Lipinski definition) is 1. The van der Waals surface area contributed by atoms with E-state index in [4.69, 9.17) is 15.2 Å². The summed E-state index contributed by atoms with van der Waals surface area (Å²) < 4.78 is 10.3. The number of thioether (sulfide) groups is 1. The van der Waals surface area contributed by atoms with Gasteiger partial charge in [-0.15, -0.1) is 0 Å². The van der Waals surface area contributed by atoms with Gasteiger partial charge >= 0.3 is 0 Å². The second-order valence-electron chi connectivity index (χ2n) is 2.57. The standard InChI is InChI=1S/C7H14N2O2S/c1-5-6(10-3)12-7(8,11-4)9(5)2/h8H2,1-4H3. The van der Waals surface area contributed by atoms with Gasteiger partial charge in [0.15, 0.2) is 5.09 Å². The molecule has 0 saturated carbocycles. The van der Waals surface area contributed by atoms with Crippen LogP contribution in [0.15, 0.2) is 10.8 Å². The Morgan fingerprint density at radius 3 is 2.33 bits per heavy atom. The molecule has 5 heteroatoms. The molecule has 0 amide bonds. The predicted octanol–water partition coefficient (Wildman–Crippen LogP) is 0.717. The fraction of sp³-hybridized carbons (Fsp3) is 0.714. The molecule has 0 fully saturated rings. The van der Waals surface area contributed by atoms with E-state index in [9.17, 15) is 0 Å². The fourth-order valence-electron chi connectivity index (χ4n) is 1.01. The van der Waals surface area contributed by atoms with Crippen LogP contribution in [-0.2, 0) is 9.47 Å². The van der Waals surface area contributed by atoms with E-state index in [-0.39, 0.29) is 0 Å². The van der Waals surface area contributed by atoms with Crippen LogP contribution in [0.5, 0.6) is 0 Å². The Bertz CT molecular complexity index is 219. The number of hydrogen-bond acceptors (Lipinski definition) is 5. The smallest absolute Gasteiger partial charge is 0.253 e. The zero-order valence-electron chi connectivity index (χ0n) is 7.75. The molecule has 1 aliphatic rings. The highest BCUT2D eigenvalue weighted by atomic mass is 32.2. The van der Waals surface area contributed by atoms with Crippen molar-refractivity contribution < 1.29 is 9.47 Å². The van der Waals surface area contributed by atoms with E-state index in [1.54, 1.807) is 14.2 Å². The quantitative estimate of drug-likeness (QED) is 0.650. The largest absolute Gasteiger partial charge is 0.489 e. The van der Waals surface area contributed by atoms with E-state index in [1.807, 2.05) is 18.9 Å². The van der Waals surface area contributed by atoms with Crippen molar-refractivity contribution >= 4 is 11.8 Å². The normalized spacial score (nSPS) is 29.9. The number of rotatable bonds is 2. The molecule has 0 saturated heterocycles. The molecule has 4 nitrogen and oxygen atoms in total. The predicted molar refractivity (Wildman–Crippen MR) is 49.0 cm³/mol. The van der Waals surface area contributed by atoms with Gasteiger partial charge in [-0.3, -0.25) is 5.73 Å². The van der Waals surface area contributed by atoms with Crippen LogP contribution in [0.4, 0.5) is 0 Å². The lowest BCUT2D eigenvalue weighted by Gasteiger charge is -2.30. The Hall–Kier alpha value is -0.390. The molecular weight excluding hydrogens is 176 g/mol. The summed E-state index contributed by atoms with van der Waals surface area (Å²) in [5.41, 5.74) is 6.90. The van der Waals surface area contributed by atoms with E-state index < -0.39 is 5.18 Å². The number of allylic oxidation sites excluding steroid dienone is 1. The molecule has 0 aromatic heterocycles. The zero-order chi connectivity index (χ0) is 9.35. The lowest BCUT2D eigenvalue weighted by Crippen LogP contribution is -2.49. The van der Waals surface area contributed by atoms with Crippen LogP contribution in [0.25, 0.3) is 0 Å². The van der Waals surface area contributed by atoms with Gasteiger partial charge in [0.2, 0.25) is 0 Å². The van der Waals surface area contributed by atoms with Crippen molar-refractivity contribution in [2.45, 2.75) is 12.1 Å². The van der Waals surface area contributed by atoms with Crippen LogP contribution in [0.2, 0.25) is 0 Å². The summed E-state index contributed by atoms with van der Waals surface area (Å²) in [5, 5.41) is -0.00282. The first-order chi connectivity index (χ1) is 5.55. The lowest BCUT2D eigenvalue weighted by molar-refractivity contribution is -0.0218. The summed E-state index contributed by atoms with van der Waals surface area (Å²) >= 11 is 1.37. The molecule has 0 aliphatic carbocycles. The van der Waals surface area contributed by atoms with Gasteiger partial charge in [-0.25, -0.2) is 0 Å². The zero-order valence-corrected chi connectivity index (χ0v) is 8.57. The minimum absolute atomic E-state index is 0.807. The Labute approximate surface area is 76.7 Å². The van der Waals surface area contributed by atoms with Crippen LogP contribution < -0.4 is 5.73 Å². The number of methoxy groups -OCH3 is 2. The van der Waals surface area contributed by atoms with Gasteiger partial charge in [0.05, 0.1) is 12.8 Å². The van der Waals surface area contributed by atoms with Crippen molar-refractivity contribution in [3.8, 4) is 0 Å². The number of nitrogens with zero attached hydrogens (tertiary/aromatic N) is 1. The molecule has 0 bridgehead atoms. The Morgan fingerprint density at radius 2 is 2.08 bits per heavy atom. The van der Waals surface area contributed by atoms with Crippen LogP contribution in [0, 0.1) is 0 Å². The van der Waals surface area contributed by atoms with Gasteiger partial charge < -0.3 is 14.4 Å². The molecule has 70 valence electrons. The van der Waals surface area contributed by atoms with Crippen molar-refractivity contribution in [1.82, 2.24) is 4.90 Å². The summed E-state index contributed by atoms with van der Waals surface area (Å²) in [5.74, 6) is 0. The van der Waals surface area contributed by atoms with Crippen LogP contribution in [0.3, 0.4) is 0 Å². The molecule has 1 heterocycles. The van der Waals surface area contributed by atoms with Crippen LogP contribution in [-0.4, -0.2) is 31.3 Å². The molecule has 1 rings (SSSR count). The van der Waals surface area contributed by atoms with Crippen molar-refractivity contribution in [2.75, 3.05) is 21.3 Å². The first kappa shape index (κ1) is 9.70. The molecular formula is C7H14N2O2S. The van der Waals surface area contributed by atoms with E-state index in [1.165, 1.54) is 11.8 Å². The highest BCUT2D eigenvalue weighted by Crippen LogP contribution is 2.42. The maximum atomic E-state index is 5.90. The van der Waals surface area contributed by atoms with E-state index in [2.05, 4.69) is 0 Å². The van der Waals surface area contributed by atoms with E-state index in [0.717, 1.165) is 10.8 Å². The Morgan fingerprint density at radius 1 is 1.50 bits per heavy atom. The number of nitrogens with two attached hydrogens (primary N) is 1. The van der Waals surface area contributed by atoms with Crippen LogP contribution >= 0.6 is 11.8 Å². The second kappa shape index (κ2) is 3.16. The summed E-state index contributed by atoms with van der Waals surface area (Å²) in [6.07, 6.45) is 0. The molecule has 2 N–H and O–H groups in total. The van der Waals surface area contributed by atoms with Gasteiger partial charge in [0.1, 0.15) is 0 Å². The lowest BCUT2D eigenvalue weighted by atomic mass is 10.5. The minimum atomic E-state index is -0.810. The summed E-state index contributed by atoms with van der Waals surface area (Å²) in [6, 6.07) is 0. The molecule has 1 aliphatic heterocycles. The van der Waals surface area contributed by atoms with E-state index >= 15 is 0 Å². The van der Waals surface area contributed by atoms with Gasteiger partial charge in [-0.05, 0) is 18.7 Å². The molecule has 0 aromatic rings. The van der Waals surface area contributed by atoms with Crippen molar-refractivity contribution in [3.05, 3.63) is 10.8 Å². The van der Waals surface area contributed by atoms with E-state index in [0.29, 0.717) is 0 Å². The third kappa shape index (κ3) is 1.28. The van der Waals surface area contributed by atoms with Gasteiger partial charge in [0, 0.05) is 14.2 Å². The van der Waals surface area contributed by atoms with Gasteiger partial charge in [-0.2, -0.15) is 0 Å². The van der Waals surface area contributed by atoms with Gasteiger partial charge in [0.25, 0.3) is 5.18 Å². The monoisotopic (exact) mass is 190 g/mol. The molecule has 0 aromatic carbocycles. The fourth-order valence-corrected chi connectivity index (χ4v) is 2.00. The SMILES string of the molecule is COC1=C(C)N(C)C(N)(OC)S1. The maximum Gasteiger partial charge on any atom is 0.253 e. The Kier molecular flexibility index (Phi) is 2.55. The molecule has 0 radical (unpaired) electrons. The highest BCUT2D eigenvalue weighted by Gasteiger charge is 2.40. The number of ether oxygens (including phenoxy) is 2. The molecule has 1 atom stereocenters. The highest BCUT2D eigenvalue weighted by molar-refractivity contribution is 8.04. The summed E-state index contributed by atoms with van der Waals surface area (Å²) in [4.78, 5) is 1.84. The Balaban J connectivity index is 2.85. The summed E-state index contributed by atoms with van der Waals surface area (Å²) in [6.45, 7) is 1.94. The third-order valence-corrected chi connectivity index (χ3v) is 3.36. The van der Waals surface area contributed by atoms with Crippen molar-refractivity contribution in [3.63, 3.8) is 0 Å². The first-order valence-electron chi connectivity index (χ1n) is 3.57. The van der Waals surface area contributed by atoms with Crippen molar-refractivity contribution in [2.24, 2.45) is 5.73 Å². The molecule has 12 heavy (non-hydrogen) atoms. The average molecular weight is 190 g/mol. The topological polar surface area (TPSA) is 47.7 Å². The minimum Gasteiger partial charge on any atom is -0.489 e. The summed E-state index contributed by atoms with van der Waals surface area (Å²) in [7, 11) is 5.08. The van der Waals surface area contributed by atoms with Gasteiger partial charge in [-0.1, -0.05) is 0 Å². The average Bonchev–Trinajstić information content (AvgIpc) is 2.31. The van der Waals surface area contributed by atoms with Crippen LogP contribution in [0.1, 0.15) is 6.92 Å². The first-order valence-corrected chi connectivity index (χ1v) is 4.38. The third-order valence-electron chi connectivity index (χ3n) is 1.98.